The van der Waals surface area contributed by atoms with Crippen LogP contribution in [0.15, 0.2) is 77.2 Å². The van der Waals surface area contributed by atoms with Gasteiger partial charge in [-0.25, -0.2) is 0 Å². The number of primary amides is 1. The number of hydrogen-bond acceptors (Lipinski definition) is 4. The first-order chi connectivity index (χ1) is 12.2. The fourth-order valence-electron chi connectivity index (χ4n) is 2.66. The Hall–Kier alpha value is -3.60. The van der Waals surface area contributed by atoms with Crippen molar-refractivity contribution in [3.8, 4) is 11.1 Å². The summed E-state index contributed by atoms with van der Waals surface area (Å²) in [5.41, 5.74) is 10.0. The quantitative estimate of drug-likeness (QED) is 0.583. The standard InChI is InChI=1S/C20H15N3O2/c21-19(24)15-6-4-5-13(11-15)14-9-10-18-17(12-14)23-20(25-18)22-16-7-2-1-3-8-16/h1-12H,(H2,21,24)(H,22,23). The molecule has 1 heterocycles. The number of oxazole rings is 1. The van der Waals surface area contributed by atoms with Crippen molar-refractivity contribution in [2.24, 2.45) is 5.73 Å². The van der Waals surface area contributed by atoms with Crippen LogP contribution in [0.2, 0.25) is 0 Å². The Morgan fingerprint density at radius 3 is 2.52 bits per heavy atom. The smallest absolute Gasteiger partial charge is 0.300 e. The van der Waals surface area contributed by atoms with E-state index in [0.717, 1.165) is 22.3 Å². The average molecular weight is 329 g/mol. The molecule has 0 aliphatic carbocycles. The molecule has 0 unspecified atom stereocenters. The molecule has 0 saturated carbocycles. The van der Waals surface area contributed by atoms with Crippen LogP contribution in [0.3, 0.4) is 0 Å². The molecule has 4 rings (SSSR count). The van der Waals surface area contributed by atoms with E-state index in [1.54, 1.807) is 12.1 Å². The third-order valence-electron chi connectivity index (χ3n) is 3.89. The number of amides is 1. The van der Waals surface area contributed by atoms with Crippen molar-refractivity contribution in [2.75, 3.05) is 5.32 Å². The third-order valence-corrected chi connectivity index (χ3v) is 3.89. The summed E-state index contributed by atoms with van der Waals surface area (Å²) in [7, 11) is 0. The predicted molar refractivity (Wildman–Crippen MR) is 97.7 cm³/mol. The summed E-state index contributed by atoms with van der Waals surface area (Å²) in [6.07, 6.45) is 0. The Morgan fingerprint density at radius 1 is 0.920 bits per heavy atom. The van der Waals surface area contributed by atoms with E-state index in [2.05, 4.69) is 10.3 Å². The Labute approximate surface area is 144 Å². The van der Waals surface area contributed by atoms with Crippen molar-refractivity contribution in [3.63, 3.8) is 0 Å². The van der Waals surface area contributed by atoms with Gasteiger partial charge in [0, 0.05) is 11.3 Å². The molecule has 1 aromatic heterocycles. The number of rotatable bonds is 4. The number of nitrogens with two attached hydrogens (primary N) is 1. The van der Waals surface area contributed by atoms with Gasteiger partial charge in [0.2, 0.25) is 5.91 Å². The van der Waals surface area contributed by atoms with Crippen molar-refractivity contribution < 1.29 is 9.21 Å². The van der Waals surface area contributed by atoms with Crippen molar-refractivity contribution in [1.29, 1.82) is 0 Å². The lowest BCUT2D eigenvalue weighted by Gasteiger charge is -2.03. The van der Waals surface area contributed by atoms with Crippen LogP contribution in [-0.2, 0) is 0 Å². The molecule has 0 saturated heterocycles. The van der Waals surface area contributed by atoms with Gasteiger partial charge >= 0.3 is 0 Å². The summed E-state index contributed by atoms with van der Waals surface area (Å²) in [5, 5.41) is 3.14. The van der Waals surface area contributed by atoms with Crippen LogP contribution in [-0.4, -0.2) is 10.9 Å². The minimum Gasteiger partial charge on any atom is -0.423 e. The summed E-state index contributed by atoms with van der Waals surface area (Å²) in [5.74, 6) is -0.446. The molecule has 122 valence electrons. The number of anilines is 2. The van der Waals surface area contributed by atoms with E-state index < -0.39 is 5.91 Å². The molecular weight excluding hydrogens is 314 g/mol. The maximum Gasteiger partial charge on any atom is 0.300 e. The first kappa shape index (κ1) is 15.0. The minimum absolute atomic E-state index is 0.434. The fourth-order valence-corrected chi connectivity index (χ4v) is 2.66. The Balaban J connectivity index is 1.68. The van der Waals surface area contributed by atoms with E-state index >= 15 is 0 Å². The zero-order valence-corrected chi connectivity index (χ0v) is 13.3. The van der Waals surface area contributed by atoms with E-state index in [4.69, 9.17) is 10.2 Å². The molecule has 5 nitrogen and oxygen atoms in total. The van der Waals surface area contributed by atoms with Gasteiger partial charge in [0.25, 0.3) is 6.01 Å². The minimum atomic E-state index is -0.446. The summed E-state index contributed by atoms with van der Waals surface area (Å²) in [6, 6.07) is 23.1. The summed E-state index contributed by atoms with van der Waals surface area (Å²) >= 11 is 0. The summed E-state index contributed by atoms with van der Waals surface area (Å²) in [4.78, 5) is 15.8. The van der Waals surface area contributed by atoms with Crippen molar-refractivity contribution in [2.45, 2.75) is 0 Å². The SMILES string of the molecule is NC(=O)c1cccc(-c2ccc3oc(Nc4ccccc4)nc3c2)c1. The highest BCUT2D eigenvalue weighted by Crippen LogP contribution is 2.27. The zero-order valence-electron chi connectivity index (χ0n) is 13.3. The Morgan fingerprint density at radius 2 is 1.72 bits per heavy atom. The number of benzene rings is 3. The molecule has 0 radical (unpaired) electrons. The van der Waals surface area contributed by atoms with Crippen molar-refractivity contribution in [1.82, 2.24) is 4.98 Å². The second-order valence-corrected chi connectivity index (χ2v) is 5.64. The first-order valence-electron chi connectivity index (χ1n) is 7.82. The number of hydrogen-bond donors (Lipinski definition) is 2. The molecule has 3 N–H and O–H groups in total. The first-order valence-corrected chi connectivity index (χ1v) is 7.82. The zero-order chi connectivity index (χ0) is 17.2. The van der Waals surface area contributed by atoms with Crippen LogP contribution < -0.4 is 11.1 Å². The van der Waals surface area contributed by atoms with Gasteiger partial charge in [0.05, 0.1) is 0 Å². The molecule has 0 aliphatic heterocycles. The highest BCUT2D eigenvalue weighted by Gasteiger charge is 2.09. The molecule has 0 aliphatic rings. The van der Waals surface area contributed by atoms with Gasteiger partial charge in [-0.1, -0.05) is 36.4 Å². The summed E-state index contributed by atoms with van der Waals surface area (Å²) < 4.78 is 5.73. The maximum absolute atomic E-state index is 11.4. The van der Waals surface area contributed by atoms with Crippen LogP contribution in [0.1, 0.15) is 10.4 Å². The van der Waals surface area contributed by atoms with Gasteiger partial charge in [0.15, 0.2) is 5.58 Å². The van der Waals surface area contributed by atoms with Crippen LogP contribution in [0.25, 0.3) is 22.2 Å². The van der Waals surface area contributed by atoms with Gasteiger partial charge in [-0.3, -0.25) is 4.79 Å². The van der Waals surface area contributed by atoms with Gasteiger partial charge in [-0.05, 0) is 47.5 Å². The number of aromatic nitrogens is 1. The molecule has 0 atom stereocenters. The average Bonchev–Trinajstić information content (AvgIpc) is 3.04. The molecule has 3 aromatic carbocycles. The van der Waals surface area contributed by atoms with Crippen LogP contribution in [0.5, 0.6) is 0 Å². The number of para-hydroxylation sites is 1. The summed E-state index contributed by atoms with van der Waals surface area (Å²) in [6.45, 7) is 0. The van der Waals surface area contributed by atoms with E-state index in [1.165, 1.54) is 0 Å². The second-order valence-electron chi connectivity index (χ2n) is 5.64. The maximum atomic E-state index is 11.4. The second kappa shape index (κ2) is 6.13. The van der Waals surface area contributed by atoms with Gasteiger partial charge < -0.3 is 15.5 Å². The van der Waals surface area contributed by atoms with E-state index in [1.807, 2.05) is 60.7 Å². The molecule has 25 heavy (non-hydrogen) atoms. The highest BCUT2D eigenvalue weighted by atomic mass is 16.4. The van der Waals surface area contributed by atoms with E-state index in [0.29, 0.717) is 17.2 Å². The lowest BCUT2D eigenvalue weighted by Crippen LogP contribution is -2.10. The largest absolute Gasteiger partial charge is 0.423 e. The van der Waals surface area contributed by atoms with Crippen LogP contribution in [0.4, 0.5) is 11.7 Å². The number of carbonyl (C=O) groups excluding carboxylic acids is 1. The molecule has 0 bridgehead atoms. The monoisotopic (exact) mass is 329 g/mol. The topological polar surface area (TPSA) is 81.2 Å². The number of nitrogens with zero attached hydrogens (tertiary/aromatic N) is 1. The Kier molecular flexibility index (Phi) is 3.67. The predicted octanol–water partition coefficient (Wildman–Crippen LogP) is 4.34. The van der Waals surface area contributed by atoms with Gasteiger partial charge in [-0.2, -0.15) is 4.98 Å². The molecule has 5 heteroatoms. The molecular formula is C20H15N3O2. The van der Waals surface area contributed by atoms with Crippen molar-refractivity contribution in [3.05, 3.63) is 78.4 Å². The number of nitrogens with one attached hydrogen (secondary N) is 1. The lowest BCUT2D eigenvalue weighted by atomic mass is 10.0. The van der Waals surface area contributed by atoms with Crippen molar-refractivity contribution >= 4 is 28.7 Å². The normalized spacial score (nSPS) is 10.7. The van der Waals surface area contributed by atoms with Crippen LogP contribution >= 0.6 is 0 Å². The van der Waals surface area contributed by atoms with Crippen LogP contribution in [0, 0.1) is 0 Å². The fraction of sp³-hybridized carbons (Fsp3) is 0. The van der Waals surface area contributed by atoms with Gasteiger partial charge in [-0.15, -0.1) is 0 Å². The Bertz CT molecular complexity index is 1050. The van der Waals surface area contributed by atoms with Gasteiger partial charge in [0.1, 0.15) is 5.52 Å². The molecule has 4 aromatic rings. The third kappa shape index (κ3) is 3.07. The number of carbonyl (C=O) groups is 1. The number of fused-ring (bicyclic) bond motifs is 1. The molecule has 0 fully saturated rings. The highest BCUT2D eigenvalue weighted by molar-refractivity contribution is 5.94. The van der Waals surface area contributed by atoms with E-state index in [9.17, 15) is 4.79 Å². The van der Waals surface area contributed by atoms with E-state index in [-0.39, 0.29) is 0 Å². The molecule has 1 amide bonds. The molecule has 0 spiro atoms. The lowest BCUT2D eigenvalue weighted by molar-refractivity contribution is 0.100.